The monoisotopic (exact) mass is 418 g/mol. The summed E-state index contributed by atoms with van der Waals surface area (Å²) in [5, 5.41) is 0. The summed E-state index contributed by atoms with van der Waals surface area (Å²) in [6, 6.07) is 15.3. The minimum Gasteiger partial charge on any atom is -0.496 e. The van der Waals surface area contributed by atoms with Crippen LogP contribution in [0.3, 0.4) is 0 Å². The second-order valence-corrected chi connectivity index (χ2v) is 8.62. The van der Waals surface area contributed by atoms with Crippen molar-refractivity contribution in [3.63, 3.8) is 0 Å². The molecule has 0 aliphatic heterocycles. The van der Waals surface area contributed by atoms with E-state index in [1.807, 2.05) is 6.07 Å². The van der Waals surface area contributed by atoms with Gasteiger partial charge in [0.05, 0.1) is 11.6 Å². The van der Waals surface area contributed by atoms with E-state index >= 15 is 0 Å². The third-order valence-corrected chi connectivity index (χ3v) is 5.15. The van der Waals surface area contributed by atoms with E-state index in [4.69, 9.17) is 10.5 Å². The fourth-order valence-electron chi connectivity index (χ4n) is 2.96. The Kier molecular flexibility index (Phi) is 7.69. The Morgan fingerprint density at radius 1 is 1.00 bits per heavy atom. The first-order valence-corrected chi connectivity index (χ1v) is 9.97. The number of halogens is 1. The smallest absolute Gasteiger partial charge is 0.133 e. The predicted octanol–water partition coefficient (Wildman–Crippen LogP) is 5.11. The first-order chi connectivity index (χ1) is 12.3. The zero-order valence-electron chi connectivity index (χ0n) is 16.4. The van der Waals surface area contributed by atoms with Crippen molar-refractivity contribution in [3.8, 4) is 5.75 Å². The summed E-state index contributed by atoms with van der Waals surface area (Å²) in [5.41, 5.74) is 9.90. The molecule has 2 aromatic carbocycles. The van der Waals surface area contributed by atoms with Crippen molar-refractivity contribution in [2.45, 2.75) is 45.7 Å². The van der Waals surface area contributed by atoms with E-state index in [1.165, 1.54) is 16.7 Å². The fraction of sp³-hybridized carbons (Fsp3) is 0.455. The van der Waals surface area contributed by atoms with Gasteiger partial charge in [-0.2, -0.15) is 0 Å². The van der Waals surface area contributed by atoms with Crippen molar-refractivity contribution in [1.29, 1.82) is 0 Å². The predicted molar refractivity (Wildman–Crippen MR) is 114 cm³/mol. The zero-order valence-corrected chi connectivity index (χ0v) is 18.0. The van der Waals surface area contributed by atoms with Gasteiger partial charge in [0.15, 0.2) is 0 Å². The van der Waals surface area contributed by atoms with Crippen LogP contribution in [0, 0.1) is 0 Å². The average molecular weight is 419 g/mol. The van der Waals surface area contributed by atoms with E-state index in [0.29, 0.717) is 6.54 Å². The molecule has 3 nitrogen and oxygen atoms in total. The van der Waals surface area contributed by atoms with E-state index in [-0.39, 0.29) is 5.41 Å². The van der Waals surface area contributed by atoms with Crippen LogP contribution in [0.4, 0.5) is 0 Å². The third-order valence-electron chi connectivity index (χ3n) is 4.53. The molecule has 0 saturated heterocycles. The summed E-state index contributed by atoms with van der Waals surface area (Å²) in [4.78, 5) is 2.45. The number of rotatable bonds is 8. The van der Waals surface area contributed by atoms with Crippen LogP contribution in [0.25, 0.3) is 0 Å². The van der Waals surface area contributed by atoms with Crippen LogP contribution in [0.2, 0.25) is 0 Å². The van der Waals surface area contributed by atoms with Gasteiger partial charge < -0.3 is 10.5 Å². The van der Waals surface area contributed by atoms with Gasteiger partial charge in [-0.15, -0.1) is 0 Å². The highest BCUT2D eigenvalue weighted by Crippen LogP contribution is 2.27. The van der Waals surface area contributed by atoms with Crippen LogP contribution in [0.1, 0.15) is 43.9 Å². The lowest BCUT2D eigenvalue weighted by molar-refractivity contribution is 0.255. The normalized spacial score (nSPS) is 11.8. The summed E-state index contributed by atoms with van der Waals surface area (Å²) in [6.07, 6.45) is 0.997. The number of nitrogens with two attached hydrogens (primary N) is 1. The molecule has 2 rings (SSSR count). The molecule has 0 radical (unpaired) electrons. The highest BCUT2D eigenvalue weighted by atomic mass is 79.9. The molecular formula is C22H31BrN2O. The molecule has 0 saturated carbocycles. The minimum absolute atomic E-state index is 0.188. The van der Waals surface area contributed by atoms with Crippen molar-refractivity contribution in [3.05, 3.63) is 63.6 Å². The van der Waals surface area contributed by atoms with Gasteiger partial charge in [0, 0.05) is 19.6 Å². The number of methoxy groups -OCH3 is 1. The van der Waals surface area contributed by atoms with Gasteiger partial charge in [-0.25, -0.2) is 0 Å². The number of hydrogen-bond acceptors (Lipinski definition) is 3. The van der Waals surface area contributed by atoms with E-state index < -0.39 is 0 Å². The third kappa shape index (κ3) is 6.11. The quantitative estimate of drug-likeness (QED) is 0.647. The van der Waals surface area contributed by atoms with Gasteiger partial charge in [0.25, 0.3) is 0 Å². The highest BCUT2D eigenvalue weighted by Gasteiger charge is 2.14. The summed E-state index contributed by atoms with van der Waals surface area (Å²) in [7, 11) is 1.69. The van der Waals surface area contributed by atoms with Crippen LogP contribution in [0.5, 0.6) is 5.75 Å². The van der Waals surface area contributed by atoms with Crippen molar-refractivity contribution >= 4 is 15.9 Å². The Morgan fingerprint density at radius 2 is 1.62 bits per heavy atom. The molecule has 0 unspecified atom stereocenters. The standard InChI is InChI=1S/C22H31BrN2O/c1-22(2,3)19-9-6-17(7-10-19)15-25(13-5-12-24)16-18-8-11-21(26-4)20(23)14-18/h6-11,14H,5,12-13,15-16,24H2,1-4H3. The molecule has 0 aliphatic rings. The molecule has 0 amide bonds. The van der Waals surface area contributed by atoms with E-state index in [0.717, 1.165) is 36.3 Å². The number of benzene rings is 2. The lowest BCUT2D eigenvalue weighted by Gasteiger charge is -2.24. The van der Waals surface area contributed by atoms with Crippen molar-refractivity contribution in [2.24, 2.45) is 5.73 Å². The van der Waals surface area contributed by atoms with Crippen LogP contribution in [-0.4, -0.2) is 25.1 Å². The SMILES string of the molecule is COc1ccc(CN(CCCN)Cc2ccc(C(C)(C)C)cc2)cc1Br. The molecule has 0 atom stereocenters. The second-order valence-electron chi connectivity index (χ2n) is 7.77. The Morgan fingerprint density at radius 3 is 2.15 bits per heavy atom. The largest absolute Gasteiger partial charge is 0.496 e. The van der Waals surface area contributed by atoms with Gasteiger partial charge in [0.1, 0.15) is 5.75 Å². The lowest BCUT2D eigenvalue weighted by atomic mass is 9.87. The Balaban J connectivity index is 2.10. The van der Waals surface area contributed by atoms with Crippen LogP contribution in [-0.2, 0) is 18.5 Å². The molecular weight excluding hydrogens is 388 g/mol. The van der Waals surface area contributed by atoms with Gasteiger partial charge in [0.2, 0.25) is 0 Å². The summed E-state index contributed by atoms with van der Waals surface area (Å²) in [6.45, 7) is 10.3. The van der Waals surface area contributed by atoms with E-state index in [1.54, 1.807) is 7.11 Å². The van der Waals surface area contributed by atoms with Crippen molar-refractivity contribution in [2.75, 3.05) is 20.2 Å². The van der Waals surface area contributed by atoms with Gasteiger partial charge >= 0.3 is 0 Å². The molecule has 0 heterocycles. The Labute approximate surface area is 166 Å². The summed E-state index contributed by atoms with van der Waals surface area (Å²) >= 11 is 3.58. The number of ether oxygens (including phenoxy) is 1. The fourth-order valence-corrected chi connectivity index (χ4v) is 3.55. The minimum atomic E-state index is 0.188. The second kappa shape index (κ2) is 9.54. The zero-order chi connectivity index (χ0) is 19.2. The van der Waals surface area contributed by atoms with Crippen LogP contribution in [0.15, 0.2) is 46.9 Å². The maximum absolute atomic E-state index is 5.74. The molecule has 0 fully saturated rings. The summed E-state index contributed by atoms with van der Waals surface area (Å²) < 4.78 is 6.32. The molecule has 2 N–H and O–H groups in total. The first-order valence-electron chi connectivity index (χ1n) is 9.17. The first kappa shape index (κ1) is 20.9. The maximum Gasteiger partial charge on any atom is 0.133 e. The van der Waals surface area contributed by atoms with Crippen molar-refractivity contribution < 1.29 is 4.74 Å². The van der Waals surface area contributed by atoms with Gasteiger partial charge in [-0.1, -0.05) is 51.1 Å². The number of hydrogen-bond donors (Lipinski definition) is 1. The molecule has 4 heteroatoms. The molecule has 142 valence electrons. The Hall–Kier alpha value is -1.36. The van der Waals surface area contributed by atoms with Gasteiger partial charge in [-0.3, -0.25) is 4.90 Å². The van der Waals surface area contributed by atoms with Gasteiger partial charge in [-0.05, 0) is 63.1 Å². The van der Waals surface area contributed by atoms with E-state index in [2.05, 4.69) is 78.0 Å². The molecule has 0 aliphatic carbocycles. The molecule has 0 aromatic heterocycles. The van der Waals surface area contributed by atoms with E-state index in [9.17, 15) is 0 Å². The highest BCUT2D eigenvalue weighted by molar-refractivity contribution is 9.10. The molecule has 26 heavy (non-hydrogen) atoms. The van der Waals surface area contributed by atoms with Crippen molar-refractivity contribution in [1.82, 2.24) is 4.90 Å². The molecule has 2 aromatic rings. The van der Waals surface area contributed by atoms with Crippen LogP contribution >= 0.6 is 15.9 Å². The topological polar surface area (TPSA) is 38.5 Å². The maximum atomic E-state index is 5.74. The number of nitrogens with zero attached hydrogens (tertiary/aromatic N) is 1. The Bertz CT molecular complexity index is 692. The molecule has 0 spiro atoms. The molecule has 0 bridgehead atoms. The lowest BCUT2D eigenvalue weighted by Crippen LogP contribution is -2.25. The summed E-state index contributed by atoms with van der Waals surface area (Å²) in [5.74, 6) is 0.861. The average Bonchev–Trinajstić information content (AvgIpc) is 2.59. The van der Waals surface area contributed by atoms with Crippen LogP contribution < -0.4 is 10.5 Å².